The predicted octanol–water partition coefficient (Wildman–Crippen LogP) is 0.478. The molecule has 0 saturated carbocycles. The number of anilines is 1. The lowest BCUT2D eigenvalue weighted by atomic mass is 10.1. The fourth-order valence-electron chi connectivity index (χ4n) is 1.63. The molecule has 2 N–H and O–H groups in total. The topological polar surface area (TPSA) is 77.0 Å². The molecule has 0 saturated heterocycles. The molecule has 94 valence electrons. The van der Waals surface area contributed by atoms with Crippen molar-refractivity contribution in [2.24, 2.45) is 12.8 Å². The molecule has 18 heavy (non-hydrogen) atoms. The summed E-state index contributed by atoms with van der Waals surface area (Å²) in [6, 6.07) is 2.86. The van der Waals surface area contributed by atoms with Gasteiger partial charge in [0.15, 0.2) is 0 Å². The van der Waals surface area contributed by atoms with E-state index in [0.29, 0.717) is 11.3 Å². The minimum Gasteiger partial charge on any atom is -0.316 e. The van der Waals surface area contributed by atoms with Gasteiger partial charge in [-0.1, -0.05) is 0 Å². The van der Waals surface area contributed by atoms with Crippen LogP contribution in [-0.4, -0.2) is 27.7 Å². The molecule has 0 bridgehead atoms. The van der Waals surface area contributed by atoms with Crippen molar-refractivity contribution in [2.75, 3.05) is 11.9 Å². The average molecular weight is 245 g/mol. The Morgan fingerprint density at radius 3 is 2.83 bits per heavy atom. The van der Waals surface area contributed by atoms with Crippen molar-refractivity contribution >= 4 is 11.6 Å². The van der Waals surface area contributed by atoms with Gasteiger partial charge in [0, 0.05) is 32.1 Å². The van der Waals surface area contributed by atoms with Gasteiger partial charge >= 0.3 is 0 Å². The Balaban J connectivity index is 2.16. The molecular formula is C12H15N5O. The van der Waals surface area contributed by atoms with Gasteiger partial charge in [-0.15, -0.1) is 0 Å². The first kappa shape index (κ1) is 12.3. The van der Waals surface area contributed by atoms with E-state index in [1.165, 1.54) is 4.90 Å². The zero-order valence-corrected chi connectivity index (χ0v) is 10.3. The van der Waals surface area contributed by atoms with Crippen LogP contribution in [0.4, 0.5) is 5.69 Å². The first-order chi connectivity index (χ1) is 8.59. The summed E-state index contributed by atoms with van der Waals surface area (Å²) in [5, 5.41) is 4.01. The standard InChI is InChI=1S/C12H15N5O/c1-16-8-9(6-15-16)11(13)12(18)17(2)10-4-3-5-14-7-10/h3-8,11H,13H2,1-2H3. The molecule has 2 aromatic rings. The fraction of sp³-hybridized carbons (Fsp3) is 0.250. The number of carbonyl (C=O) groups excluding carboxylic acids is 1. The lowest BCUT2D eigenvalue weighted by Crippen LogP contribution is -2.35. The third-order valence-electron chi connectivity index (χ3n) is 2.71. The monoisotopic (exact) mass is 245 g/mol. The van der Waals surface area contributed by atoms with Crippen LogP contribution in [0.1, 0.15) is 11.6 Å². The summed E-state index contributed by atoms with van der Waals surface area (Å²) in [4.78, 5) is 17.7. The number of rotatable bonds is 3. The van der Waals surface area contributed by atoms with Crippen LogP contribution < -0.4 is 10.6 Å². The van der Waals surface area contributed by atoms with Gasteiger partial charge < -0.3 is 10.6 Å². The number of aromatic nitrogens is 3. The van der Waals surface area contributed by atoms with E-state index in [4.69, 9.17) is 5.73 Å². The van der Waals surface area contributed by atoms with E-state index in [1.54, 1.807) is 55.7 Å². The third kappa shape index (κ3) is 2.38. The number of nitrogens with two attached hydrogens (primary N) is 1. The number of aryl methyl sites for hydroxylation is 1. The van der Waals surface area contributed by atoms with Crippen LogP contribution in [0.3, 0.4) is 0 Å². The van der Waals surface area contributed by atoms with Gasteiger partial charge in [0.25, 0.3) is 0 Å². The molecule has 0 fully saturated rings. The van der Waals surface area contributed by atoms with Crippen molar-refractivity contribution in [1.29, 1.82) is 0 Å². The van der Waals surface area contributed by atoms with Crippen molar-refractivity contribution in [1.82, 2.24) is 14.8 Å². The molecule has 6 nitrogen and oxygen atoms in total. The smallest absolute Gasteiger partial charge is 0.248 e. The van der Waals surface area contributed by atoms with E-state index >= 15 is 0 Å². The van der Waals surface area contributed by atoms with E-state index in [1.807, 2.05) is 0 Å². The van der Waals surface area contributed by atoms with Gasteiger partial charge in [0.2, 0.25) is 5.91 Å². The summed E-state index contributed by atoms with van der Waals surface area (Å²) in [5.41, 5.74) is 7.33. The highest BCUT2D eigenvalue weighted by Crippen LogP contribution is 2.16. The van der Waals surface area contributed by atoms with E-state index in [2.05, 4.69) is 10.1 Å². The van der Waals surface area contributed by atoms with Crippen LogP contribution in [0, 0.1) is 0 Å². The minimum absolute atomic E-state index is 0.198. The first-order valence-electron chi connectivity index (χ1n) is 5.51. The SMILES string of the molecule is CN(C(=O)C(N)c1cnn(C)c1)c1cccnc1. The second-order valence-electron chi connectivity index (χ2n) is 4.03. The van der Waals surface area contributed by atoms with Gasteiger partial charge in [-0.05, 0) is 12.1 Å². The number of carbonyl (C=O) groups is 1. The van der Waals surface area contributed by atoms with E-state index in [-0.39, 0.29) is 5.91 Å². The van der Waals surface area contributed by atoms with E-state index < -0.39 is 6.04 Å². The number of pyridine rings is 1. The van der Waals surface area contributed by atoms with E-state index in [9.17, 15) is 4.79 Å². The van der Waals surface area contributed by atoms with Crippen molar-refractivity contribution in [3.05, 3.63) is 42.5 Å². The van der Waals surface area contributed by atoms with Gasteiger partial charge in [0.05, 0.1) is 18.1 Å². The minimum atomic E-state index is -0.719. The summed E-state index contributed by atoms with van der Waals surface area (Å²) >= 11 is 0. The average Bonchev–Trinajstić information content (AvgIpc) is 2.84. The maximum absolute atomic E-state index is 12.2. The number of amides is 1. The van der Waals surface area contributed by atoms with Crippen molar-refractivity contribution in [3.63, 3.8) is 0 Å². The highest BCUT2D eigenvalue weighted by atomic mass is 16.2. The Morgan fingerprint density at radius 2 is 2.28 bits per heavy atom. The summed E-state index contributed by atoms with van der Waals surface area (Å²) in [6.45, 7) is 0. The van der Waals surface area contributed by atoms with Crippen molar-refractivity contribution < 1.29 is 4.79 Å². The van der Waals surface area contributed by atoms with Crippen LogP contribution in [0.5, 0.6) is 0 Å². The maximum Gasteiger partial charge on any atom is 0.248 e. The van der Waals surface area contributed by atoms with Crippen LogP contribution in [0.15, 0.2) is 36.9 Å². The van der Waals surface area contributed by atoms with Gasteiger partial charge in [-0.25, -0.2) is 0 Å². The molecular weight excluding hydrogens is 230 g/mol. The highest BCUT2D eigenvalue weighted by molar-refractivity contribution is 5.96. The zero-order valence-electron chi connectivity index (χ0n) is 10.3. The molecule has 0 radical (unpaired) electrons. The Bertz CT molecular complexity index is 536. The molecule has 0 aliphatic rings. The molecule has 1 amide bonds. The Hall–Kier alpha value is -2.21. The quantitative estimate of drug-likeness (QED) is 0.853. The summed E-state index contributed by atoms with van der Waals surface area (Å²) in [5.74, 6) is -0.198. The number of nitrogens with zero attached hydrogens (tertiary/aromatic N) is 4. The Kier molecular flexibility index (Phi) is 3.38. The second kappa shape index (κ2) is 4.97. The number of likely N-dealkylation sites (N-methyl/N-ethyl adjacent to an activating group) is 1. The normalized spacial score (nSPS) is 12.2. The Labute approximate surface area is 105 Å². The van der Waals surface area contributed by atoms with E-state index in [0.717, 1.165) is 0 Å². The van der Waals surface area contributed by atoms with Gasteiger partial charge in [-0.2, -0.15) is 5.10 Å². The zero-order chi connectivity index (χ0) is 13.1. The molecule has 0 aliphatic carbocycles. The predicted molar refractivity (Wildman–Crippen MR) is 67.8 cm³/mol. The molecule has 0 spiro atoms. The molecule has 1 unspecified atom stereocenters. The maximum atomic E-state index is 12.2. The molecule has 2 heterocycles. The first-order valence-corrected chi connectivity index (χ1v) is 5.51. The number of hydrogen-bond donors (Lipinski definition) is 1. The van der Waals surface area contributed by atoms with Crippen LogP contribution in [-0.2, 0) is 11.8 Å². The fourth-order valence-corrected chi connectivity index (χ4v) is 1.63. The lowest BCUT2D eigenvalue weighted by molar-refractivity contribution is -0.119. The van der Waals surface area contributed by atoms with Crippen LogP contribution in [0.2, 0.25) is 0 Å². The summed E-state index contributed by atoms with van der Waals surface area (Å²) < 4.78 is 1.62. The van der Waals surface area contributed by atoms with Crippen molar-refractivity contribution in [2.45, 2.75) is 6.04 Å². The molecule has 6 heteroatoms. The Morgan fingerprint density at radius 1 is 1.50 bits per heavy atom. The number of hydrogen-bond acceptors (Lipinski definition) is 4. The largest absolute Gasteiger partial charge is 0.316 e. The summed E-state index contributed by atoms with van der Waals surface area (Å²) in [6.07, 6.45) is 6.61. The van der Waals surface area contributed by atoms with Gasteiger partial charge in [0.1, 0.15) is 6.04 Å². The lowest BCUT2D eigenvalue weighted by Gasteiger charge is -2.20. The van der Waals surface area contributed by atoms with Gasteiger partial charge in [-0.3, -0.25) is 14.5 Å². The highest BCUT2D eigenvalue weighted by Gasteiger charge is 2.22. The second-order valence-corrected chi connectivity index (χ2v) is 4.03. The third-order valence-corrected chi connectivity index (χ3v) is 2.71. The molecule has 2 aromatic heterocycles. The molecule has 2 rings (SSSR count). The van der Waals surface area contributed by atoms with Crippen molar-refractivity contribution in [3.8, 4) is 0 Å². The summed E-state index contributed by atoms with van der Waals surface area (Å²) in [7, 11) is 3.46. The van der Waals surface area contributed by atoms with Crippen LogP contribution in [0.25, 0.3) is 0 Å². The molecule has 1 atom stereocenters. The van der Waals surface area contributed by atoms with Crippen LogP contribution >= 0.6 is 0 Å². The molecule has 0 aromatic carbocycles. The molecule has 0 aliphatic heterocycles.